The smallest absolute Gasteiger partial charge is 0.335 e. The van der Waals surface area contributed by atoms with Crippen molar-refractivity contribution in [1.29, 1.82) is 0 Å². The first-order valence-corrected chi connectivity index (χ1v) is 4.96. The van der Waals surface area contributed by atoms with Gasteiger partial charge in [-0.15, -0.1) is 0 Å². The van der Waals surface area contributed by atoms with Gasteiger partial charge < -0.3 is 14.4 Å². The van der Waals surface area contributed by atoms with Crippen molar-refractivity contribution in [3.8, 4) is 0 Å². The first kappa shape index (κ1) is 12.3. The summed E-state index contributed by atoms with van der Waals surface area (Å²) in [4.78, 5) is 24.5. The Morgan fingerprint density at radius 2 is 1.62 bits per heavy atom. The van der Waals surface area contributed by atoms with E-state index in [-0.39, 0.29) is 6.42 Å². The molecule has 1 heterocycles. The van der Waals surface area contributed by atoms with Crippen molar-refractivity contribution in [3.63, 3.8) is 0 Å². The van der Waals surface area contributed by atoms with Crippen molar-refractivity contribution in [2.45, 2.75) is 13.3 Å². The van der Waals surface area contributed by atoms with Gasteiger partial charge in [0.25, 0.3) is 0 Å². The Hall–Kier alpha value is -1.78. The molecular weight excluding hydrogens is 210 g/mol. The Labute approximate surface area is 94.3 Å². The van der Waals surface area contributed by atoms with Crippen LogP contribution in [0.3, 0.4) is 0 Å². The normalized spacial score (nSPS) is 15.1. The third-order valence-corrected chi connectivity index (χ3v) is 2.28. The summed E-state index contributed by atoms with van der Waals surface area (Å²) in [5.74, 6) is -0.846. The minimum Gasteiger partial charge on any atom is -0.466 e. The van der Waals surface area contributed by atoms with E-state index in [1.54, 1.807) is 17.3 Å². The van der Waals surface area contributed by atoms with Crippen LogP contribution in [0.15, 0.2) is 23.5 Å². The largest absolute Gasteiger partial charge is 0.466 e. The molecule has 0 atom stereocenters. The van der Waals surface area contributed by atoms with Gasteiger partial charge in [-0.25, -0.2) is 9.59 Å². The van der Waals surface area contributed by atoms with E-state index < -0.39 is 11.9 Å². The zero-order valence-electron chi connectivity index (χ0n) is 9.65. The number of carbonyl (C=O) groups excluding carboxylic acids is 2. The molecule has 0 amide bonds. The second kappa shape index (κ2) is 5.34. The molecule has 0 unspecified atom stereocenters. The molecule has 5 nitrogen and oxygen atoms in total. The maximum atomic E-state index is 11.4. The second-order valence-electron chi connectivity index (χ2n) is 3.30. The number of hydrogen-bond donors (Lipinski definition) is 0. The molecule has 5 heteroatoms. The Morgan fingerprint density at radius 1 is 1.19 bits per heavy atom. The molecule has 88 valence electrons. The summed E-state index contributed by atoms with van der Waals surface area (Å²) in [5.41, 5.74) is 0.902. The van der Waals surface area contributed by atoms with E-state index in [4.69, 9.17) is 0 Å². The van der Waals surface area contributed by atoms with Crippen LogP contribution in [0.5, 0.6) is 0 Å². The van der Waals surface area contributed by atoms with Crippen LogP contribution in [0.4, 0.5) is 0 Å². The van der Waals surface area contributed by atoms with Crippen LogP contribution in [0, 0.1) is 0 Å². The number of rotatable bonds is 3. The van der Waals surface area contributed by atoms with Crippen LogP contribution >= 0.6 is 0 Å². The highest BCUT2D eigenvalue weighted by molar-refractivity contribution is 5.95. The SMILES string of the molecule is CCN1C=C(C(=O)OC)CC(C(=O)OC)=C1. The average Bonchev–Trinajstić information content (AvgIpc) is 2.35. The van der Waals surface area contributed by atoms with Gasteiger partial charge in [-0.3, -0.25) is 0 Å². The van der Waals surface area contributed by atoms with E-state index in [1.807, 2.05) is 6.92 Å². The monoisotopic (exact) mass is 225 g/mol. The van der Waals surface area contributed by atoms with Crippen molar-refractivity contribution in [2.24, 2.45) is 0 Å². The first-order valence-electron chi connectivity index (χ1n) is 4.96. The highest BCUT2D eigenvalue weighted by Crippen LogP contribution is 2.20. The lowest BCUT2D eigenvalue weighted by Gasteiger charge is -2.21. The maximum Gasteiger partial charge on any atom is 0.335 e. The Morgan fingerprint density at radius 3 is 1.94 bits per heavy atom. The standard InChI is InChI=1S/C11H15NO4/c1-4-12-6-8(10(13)15-2)5-9(7-12)11(14)16-3/h6-7H,4-5H2,1-3H3. The van der Waals surface area contributed by atoms with Crippen molar-refractivity contribution in [1.82, 2.24) is 4.90 Å². The molecule has 0 aromatic heterocycles. The van der Waals surface area contributed by atoms with Crippen LogP contribution in [-0.2, 0) is 19.1 Å². The number of ether oxygens (including phenoxy) is 2. The van der Waals surface area contributed by atoms with Crippen molar-refractivity contribution >= 4 is 11.9 Å². The molecule has 0 aromatic rings. The number of carbonyl (C=O) groups is 2. The lowest BCUT2D eigenvalue weighted by Crippen LogP contribution is -2.22. The van der Waals surface area contributed by atoms with Gasteiger partial charge >= 0.3 is 11.9 Å². The molecule has 0 radical (unpaired) electrons. The number of esters is 2. The van der Waals surface area contributed by atoms with Crippen LogP contribution in [-0.4, -0.2) is 37.6 Å². The third-order valence-electron chi connectivity index (χ3n) is 2.28. The van der Waals surface area contributed by atoms with Gasteiger partial charge in [0.05, 0.1) is 25.4 Å². The fourth-order valence-corrected chi connectivity index (χ4v) is 1.43. The molecule has 0 bridgehead atoms. The number of methoxy groups -OCH3 is 2. The Balaban J connectivity index is 2.90. The lowest BCUT2D eigenvalue weighted by molar-refractivity contribution is -0.136. The first-order chi connectivity index (χ1) is 7.62. The predicted octanol–water partition coefficient (Wildman–Crippen LogP) is 0.826. The topological polar surface area (TPSA) is 55.8 Å². The summed E-state index contributed by atoms with van der Waals surface area (Å²) in [6, 6.07) is 0. The number of nitrogens with zero attached hydrogens (tertiary/aromatic N) is 1. The summed E-state index contributed by atoms with van der Waals surface area (Å²) in [6.07, 6.45) is 3.60. The summed E-state index contributed by atoms with van der Waals surface area (Å²) < 4.78 is 9.26. The van der Waals surface area contributed by atoms with Crippen LogP contribution in [0.2, 0.25) is 0 Å². The molecule has 0 fully saturated rings. The highest BCUT2D eigenvalue weighted by atomic mass is 16.5. The fourth-order valence-electron chi connectivity index (χ4n) is 1.43. The van der Waals surface area contributed by atoms with Crippen LogP contribution in [0.1, 0.15) is 13.3 Å². The Bertz CT molecular complexity index is 325. The van der Waals surface area contributed by atoms with E-state index in [9.17, 15) is 9.59 Å². The van der Waals surface area contributed by atoms with Gasteiger partial charge in [-0.1, -0.05) is 0 Å². The molecule has 0 saturated heterocycles. The second-order valence-corrected chi connectivity index (χ2v) is 3.30. The molecule has 1 rings (SSSR count). The van der Waals surface area contributed by atoms with E-state index >= 15 is 0 Å². The maximum absolute atomic E-state index is 11.4. The molecular formula is C11H15NO4. The van der Waals surface area contributed by atoms with E-state index in [2.05, 4.69) is 9.47 Å². The minimum absolute atomic E-state index is 0.246. The predicted molar refractivity (Wildman–Crippen MR) is 57.2 cm³/mol. The summed E-state index contributed by atoms with van der Waals surface area (Å²) in [6.45, 7) is 2.59. The van der Waals surface area contributed by atoms with Crippen molar-refractivity contribution in [2.75, 3.05) is 20.8 Å². The lowest BCUT2D eigenvalue weighted by atomic mass is 10.0. The van der Waals surface area contributed by atoms with E-state index in [1.165, 1.54) is 14.2 Å². The summed E-state index contributed by atoms with van der Waals surface area (Å²) in [5, 5.41) is 0. The summed E-state index contributed by atoms with van der Waals surface area (Å²) in [7, 11) is 2.63. The molecule has 1 aliphatic rings. The van der Waals surface area contributed by atoms with Gasteiger partial charge in [-0.2, -0.15) is 0 Å². The average molecular weight is 225 g/mol. The molecule has 1 aliphatic heterocycles. The van der Waals surface area contributed by atoms with Crippen LogP contribution < -0.4 is 0 Å². The van der Waals surface area contributed by atoms with E-state index in [0.717, 1.165) is 0 Å². The molecule has 0 aromatic carbocycles. The molecule has 0 saturated carbocycles. The molecule has 0 spiro atoms. The molecule has 16 heavy (non-hydrogen) atoms. The van der Waals surface area contributed by atoms with Gasteiger partial charge in [0, 0.05) is 25.4 Å². The number of hydrogen-bond acceptors (Lipinski definition) is 5. The zero-order valence-corrected chi connectivity index (χ0v) is 9.65. The minimum atomic E-state index is -0.423. The van der Waals surface area contributed by atoms with Gasteiger partial charge in [0.15, 0.2) is 0 Å². The van der Waals surface area contributed by atoms with Crippen molar-refractivity contribution in [3.05, 3.63) is 23.5 Å². The van der Waals surface area contributed by atoms with Crippen molar-refractivity contribution < 1.29 is 19.1 Å². The molecule has 0 aliphatic carbocycles. The van der Waals surface area contributed by atoms with Gasteiger partial charge in [0.1, 0.15) is 0 Å². The zero-order chi connectivity index (χ0) is 12.1. The molecule has 0 N–H and O–H groups in total. The Kier molecular flexibility index (Phi) is 4.10. The fraction of sp³-hybridized carbons (Fsp3) is 0.455. The quantitative estimate of drug-likeness (QED) is 0.666. The summed E-state index contributed by atoms with van der Waals surface area (Å²) >= 11 is 0. The van der Waals surface area contributed by atoms with Gasteiger partial charge in [0.2, 0.25) is 0 Å². The highest BCUT2D eigenvalue weighted by Gasteiger charge is 2.22. The van der Waals surface area contributed by atoms with E-state index in [0.29, 0.717) is 17.7 Å². The van der Waals surface area contributed by atoms with Crippen LogP contribution in [0.25, 0.3) is 0 Å². The van der Waals surface area contributed by atoms with Gasteiger partial charge in [-0.05, 0) is 6.92 Å². The third kappa shape index (κ3) is 2.62.